The Morgan fingerprint density at radius 3 is 2.93 bits per heavy atom. The monoisotopic (exact) mass is 195 g/mol. The molecule has 1 rings (SSSR count). The lowest BCUT2D eigenvalue weighted by Crippen LogP contribution is -1.96. The predicted octanol–water partition coefficient (Wildman–Crippen LogP) is 2.97. The minimum Gasteiger partial charge on any atom is -0.508 e. The van der Waals surface area contributed by atoms with E-state index >= 15 is 0 Å². The van der Waals surface area contributed by atoms with Gasteiger partial charge in [-0.25, -0.2) is 0 Å². The summed E-state index contributed by atoms with van der Waals surface area (Å²) in [6.45, 7) is 2.58. The van der Waals surface area contributed by atoms with Gasteiger partial charge in [0.2, 0.25) is 0 Å². The fourth-order valence-corrected chi connectivity index (χ4v) is 1.02. The summed E-state index contributed by atoms with van der Waals surface area (Å²) in [7, 11) is 0. The highest BCUT2D eigenvalue weighted by molar-refractivity contribution is 5.54. The first-order valence-corrected chi connectivity index (χ1v) is 4.57. The molecular weight excluding hydrogens is 182 g/mol. The molecule has 0 unspecified atom stereocenters. The van der Waals surface area contributed by atoms with E-state index in [1.165, 1.54) is 18.2 Å². The third-order valence-electron chi connectivity index (χ3n) is 1.80. The number of unbranched alkanes of at least 4 members (excludes halogenated alkanes) is 1. The third-order valence-corrected chi connectivity index (χ3v) is 1.80. The van der Waals surface area contributed by atoms with Gasteiger partial charge in [0, 0.05) is 6.07 Å². The number of nitrogens with zero attached hydrogens (tertiary/aromatic N) is 1. The number of phenols is 1. The number of phenolic OH excluding ortho intramolecular Hbond substituents is 1. The molecule has 0 radical (unpaired) electrons. The van der Waals surface area contributed by atoms with Gasteiger partial charge >= 0.3 is 0 Å². The zero-order valence-corrected chi connectivity index (χ0v) is 8.06. The Labute approximate surface area is 82.5 Å². The molecule has 0 spiro atoms. The van der Waals surface area contributed by atoms with Crippen molar-refractivity contribution in [2.75, 3.05) is 6.61 Å². The molecule has 76 valence electrons. The van der Waals surface area contributed by atoms with Crippen LogP contribution in [0.15, 0.2) is 23.4 Å². The van der Waals surface area contributed by atoms with Crippen LogP contribution in [0.4, 0.5) is 5.69 Å². The second-order valence-corrected chi connectivity index (χ2v) is 2.95. The van der Waals surface area contributed by atoms with Crippen LogP contribution in [-0.4, -0.2) is 11.7 Å². The van der Waals surface area contributed by atoms with E-state index in [0.29, 0.717) is 12.4 Å². The smallest absolute Gasteiger partial charge is 0.152 e. The zero-order chi connectivity index (χ0) is 10.4. The number of hydrogen-bond acceptors (Lipinski definition) is 4. The summed E-state index contributed by atoms with van der Waals surface area (Å²) in [6.07, 6.45) is 1.93. The largest absolute Gasteiger partial charge is 0.508 e. The van der Waals surface area contributed by atoms with Crippen LogP contribution in [0, 0.1) is 4.91 Å². The van der Waals surface area contributed by atoms with Gasteiger partial charge in [-0.2, -0.15) is 0 Å². The van der Waals surface area contributed by atoms with E-state index < -0.39 is 0 Å². The highest BCUT2D eigenvalue weighted by Gasteiger charge is 2.04. The number of rotatable bonds is 5. The summed E-state index contributed by atoms with van der Waals surface area (Å²) >= 11 is 0. The first kappa shape index (κ1) is 10.5. The summed E-state index contributed by atoms with van der Waals surface area (Å²) in [5.41, 5.74) is 0.221. The van der Waals surface area contributed by atoms with Gasteiger partial charge in [0.05, 0.1) is 6.61 Å². The third kappa shape index (κ3) is 2.73. The minimum absolute atomic E-state index is 0.0731. The molecule has 0 saturated carbocycles. The SMILES string of the molecule is CCCCOc1cc(O)ccc1N=O. The van der Waals surface area contributed by atoms with Crippen molar-refractivity contribution in [2.24, 2.45) is 5.18 Å². The molecule has 0 saturated heterocycles. The van der Waals surface area contributed by atoms with Gasteiger partial charge in [-0.3, -0.25) is 0 Å². The fourth-order valence-electron chi connectivity index (χ4n) is 1.02. The topological polar surface area (TPSA) is 58.9 Å². The minimum atomic E-state index is 0.0731. The van der Waals surface area contributed by atoms with E-state index in [4.69, 9.17) is 9.84 Å². The standard InChI is InChI=1S/C10H13NO3/c1-2-3-6-14-10-7-8(12)4-5-9(10)11-13/h4-5,7,12H,2-3,6H2,1H3. The Hall–Kier alpha value is -1.58. The summed E-state index contributed by atoms with van der Waals surface area (Å²) in [4.78, 5) is 10.4. The van der Waals surface area contributed by atoms with Crippen LogP contribution in [-0.2, 0) is 0 Å². The fraction of sp³-hybridized carbons (Fsp3) is 0.400. The number of aromatic hydroxyl groups is 1. The first-order valence-electron chi connectivity index (χ1n) is 4.57. The highest BCUT2D eigenvalue weighted by Crippen LogP contribution is 2.30. The molecule has 1 N–H and O–H groups in total. The first-order chi connectivity index (χ1) is 6.77. The van der Waals surface area contributed by atoms with Crippen LogP contribution in [0.3, 0.4) is 0 Å². The number of hydrogen-bond donors (Lipinski definition) is 1. The zero-order valence-electron chi connectivity index (χ0n) is 8.06. The van der Waals surface area contributed by atoms with Crippen molar-refractivity contribution in [3.05, 3.63) is 23.1 Å². The highest BCUT2D eigenvalue weighted by atomic mass is 16.5. The summed E-state index contributed by atoms with van der Waals surface area (Å²) in [5.74, 6) is 0.414. The predicted molar refractivity (Wildman–Crippen MR) is 54.0 cm³/mol. The molecule has 0 aromatic heterocycles. The maximum Gasteiger partial charge on any atom is 0.152 e. The summed E-state index contributed by atoms with van der Waals surface area (Å²) < 4.78 is 5.30. The van der Waals surface area contributed by atoms with E-state index in [1.807, 2.05) is 6.92 Å². The Morgan fingerprint density at radius 2 is 2.29 bits per heavy atom. The Balaban J connectivity index is 2.72. The van der Waals surface area contributed by atoms with E-state index in [-0.39, 0.29) is 11.4 Å². The molecule has 0 amide bonds. The van der Waals surface area contributed by atoms with Crippen LogP contribution >= 0.6 is 0 Å². The molecule has 0 bridgehead atoms. The van der Waals surface area contributed by atoms with Gasteiger partial charge in [-0.15, -0.1) is 4.91 Å². The molecule has 0 aliphatic carbocycles. The van der Waals surface area contributed by atoms with Crippen molar-refractivity contribution < 1.29 is 9.84 Å². The van der Waals surface area contributed by atoms with Crippen molar-refractivity contribution in [3.8, 4) is 11.5 Å². The number of ether oxygens (including phenoxy) is 1. The average molecular weight is 195 g/mol. The quantitative estimate of drug-likeness (QED) is 0.580. The van der Waals surface area contributed by atoms with Crippen molar-refractivity contribution in [1.29, 1.82) is 0 Å². The number of nitroso groups, excluding NO2 is 1. The normalized spacial score (nSPS) is 9.79. The second-order valence-electron chi connectivity index (χ2n) is 2.95. The van der Waals surface area contributed by atoms with Crippen LogP contribution in [0.1, 0.15) is 19.8 Å². The van der Waals surface area contributed by atoms with E-state index in [1.54, 1.807) is 0 Å². The lowest BCUT2D eigenvalue weighted by atomic mass is 10.3. The van der Waals surface area contributed by atoms with Crippen LogP contribution in [0.5, 0.6) is 11.5 Å². The number of benzene rings is 1. The van der Waals surface area contributed by atoms with Gasteiger partial charge in [0.15, 0.2) is 5.75 Å². The van der Waals surface area contributed by atoms with Crippen molar-refractivity contribution >= 4 is 5.69 Å². The lowest BCUT2D eigenvalue weighted by molar-refractivity contribution is 0.309. The van der Waals surface area contributed by atoms with E-state index in [9.17, 15) is 4.91 Å². The van der Waals surface area contributed by atoms with E-state index in [2.05, 4.69) is 5.18 Å². The van der Waals surface area contributed by atoms with Crippen LogP contribution < -0.4 is 4.74 Å². The van der Waals surface area contributed by atoms with Gasteiger partial charge in [-0.1, -0.05) is 13.3 Å². The molecule has 0 aliphatic heterocycles. The van der Waals surface area contributed by atoms with Crippen molar-refractivity contribution in [1.82, 2.24) is 0 Å². The molecule has 14 heavy (non-hydrogen) atoms. The summed E-state index contributed by atoms with van der Waals surface area (Å²) in [5, 5.41) is 12.0. The van der Waals surface area contributed by atoms with E-state index in [0.717, 1.165) is 12.8 Å². The molecule has 0 heterocycles. The van der Waals surface area contributed by atoms with Crippen LogP contribution in [0.2, 0.25) is 0 Å². The molecule has 1 aromatic rings. The molecular formula is C10H13NO3. The van der Waals surface area contributed by atoms with Gasteiger partial charge < -0.3 is 9.84 Å². The molecule has 4 heteroatoms. The van der Waals surface area contributed by atoms with Crippen molar-refractivity contribution in [2.45, 2.75) is 19.8 Å². The van der Waals surface area contributed by atoms with Crippen molar-refractivity contribution in [3.63, 3.8) is 0 Å². The Bertz CT molecular complexity index is 312. The molecule has 4 nitrogen and oxygen atoms in total. The molecule has 0 aliphatic rings. The molecule has 0 fully saturated rings. The van der Waals surface area contributed by atoms with Gasteiger partial charge in [-0.05, 0) is 23.7 Å². The maximum atomic E-state index is 10.4. The Morgan fingerprint density at radius 1 is 1.50 bits per heavy atom. The summed E-state index contributed by atoms with van der Waals surface area (Å²) in [6, 6.07) is 4.24. The molecule has 0 atom stereocenters. The average Bonchev–Trinajstić information content (AvgIpc) is 2.19. The maximum absolute atomic E-state index is 10.4. The second kappa shape index (κ2) is 5.21. The Kier molecular flexibility index (Phi) is 3.91. The lowest BCUT2D eigenvalue weighted by Gasteiger charge is -2.06. The molecule has 1 aromatic carbocycles. The van der Waals surface area contributed by atoms with Crippen LogP contribution in [0.25, 0.3) is 0 Å². The van der Waals surface area contributed by atoms with Gasteiger partial charge in [0.25, 0.3) is 0 Å². The van der Waals surface area contributed by atoms with Gasteiger partial charge in [0.1, 0.15) is 11.4 Å².